The molecule has 54 heavy (non-hydrogen) atoms. The summed E-state index contributed by atoms with van der Waals surface area (Å²) in [6, 6.07) is 12.9. The van der Waals surface area contributed by atoms with Gasteiger partial charge in [-0.3, -0.25) is 14.4 Å². The van der Waals surface area contributed by atoms with E-state index < -0.39 is 5.41 Å². The van der Waals surface area contributed by atoms with Crippen molar-refractivity contribution in [1.29, 1.82) is 0 Å². The van der Waals surface area contributed by atoms with E-state index in [4.69, 9.17) is 9.97 Å². The number of benzene rings is 1. The quantitative estimate of drug-likeness (QED) is 0.188. The van der Waals surface area contributed by atoms with Crippen LogP contribution < -0.4 is 25.8 Å². The van der Waals surface area contributed by atoms with E-state index >= 15 is 0 Å². The minimum Gasteiger partial charge on any atom is -0.368 e. The summed E-state index contributed by atoms with van der Waals surface area (Å²) in [5.74, 6) is 1.57. The molecule has 0 radical (unpaired) electrons. The number of nitrogens with one attached hydrogen (secondary N) is 3. The molecular formula is C41H52N10O3. The Morgan fingerprint density at radius 2 is 1.80 bits per heavy atom. The Bertz CT molecular complexity index is 2050. The first-order valence-electron chi connectivity index (χ1n) is 19.6. The Morgan fingerprint density at radius 1 is 1.02 bits per heavy atom. The SMILES string of the molecule is CC[C@@H](CNC1CN(c2cccc3c2C(C)(C)C(=O)N3[C@H]2CCC(=O)NC2)C1)c1ccc(Nc2ncc3cc(C(=O)N(C)C)n(C4CCCC4)c3n2)nc1. The summed E-state index contributed by atoms with van der Waals surface area (Å²) in [6.07, 6.45) is 10.2. The summed E-state index contributed by atoms with van der Waals surface area (Å²) in [7, 11) is 3.56. The van der Waals surface area contributed by atoms with Crippen LogP contribution in [0.2, 0.25) is 0 Å². The minimum atomic E-state index is -0.636. The maximum Gasteiger partial charge on any atom is 0.270 e. The summed E-state index contributed by atoms with van der Waals surface area (Å²) in [5.41, 5.74) is 5.17. The van der Waals surface area contributed by atoms with Crippen molar-refractivity contribution >= 4 is 51.9 Å². The molecule has 6 heterocycles. The number of carbonyl (C=O) groups is 3. The van der Waals surface area contributed by atoms with Gasteiger partial charge in [-0.15, -0.1) is 0 Å². The number of anilines is 4. The highest BCUT2D eigenvalue weighted by Crippen LogP contribution is 2.49. The van der Waals surface area contributed by atoms with Gasteiger partial charge in [-0.1, -0.05) is 31.9 Å². The summed E-state index contributed by atoms with van der Waals surface area (Å²) in [6.45, 7) is 9.35. The van der Waals surface area contributed by atoms with Gasteiger partial charge in [-0.05, 0) is 75.3 Å². The highest BCUT2D eigenvalue weighted by Gasteiger charge is 2.49. The Hall–Kier alpha value is -5.04. The number of carbonyl (C=O) groups excluding carboxylic acids is 3. The molecule has 2 saturated heterocycles. The molecule has 3 aliphatic heterocycles. The van der Waals surface area contributed by atoms with Crippen LogP contribution in [0.4, 0.5) is 23.1 Å². The molecule has 1 saturated carbocycles. The first-order chi connectivity index (χ1) is 26.0. The van der Waals surface area contributed by atoms with Gasteiger partial charge >= 0.3 is 0 Å². The number of fused-ring (bicyclic) bond motifs is 2. The number of rotatable bonds is 11. The van der Waals surface area contributed by atoms with Crippen LogP contribution in [0.1, 0.15) is 99.3 Å². The molecule has 0 unspecified atom stereocenters. The van der Waals surface area contributed by atoms with Crippen LogP contribution >= 0.6 is 0 Å². The van der Waals surface area contributed by atoms with Crippen molar-refractivity contribution in [2.24, 2.45) is 0 Å². The van der Waals surface area contributed by atoms with Gasteiger partial charge in [0.1, 0.15) is 17.2 Å². The molecule has 3 fully saturated rings. The lowest BCUT2D eigenvalue weighted by atomic mass is 9.84. The third-order valence-electron chi connectivity index (χ3n) is 12.0. The van der Waals surface area contributed by atoms with Gasteiger partial charge < -0.3 is 35.2 Å². The second kappa shape index (κ2) is 14.3. The summed E-state index contributed by atoms with van der Waals surface area (Å²) >= 11 is 0. The fraction of sp³-hybridized carbons (Fsp3) is 0.512. The van der Waals surface area contributed by atoms with E-state index in [1.165, 1.54) is 5.56 Å². The van der Waals surface area contributed by atoms with Crippen LogP contribution in [0.5, 0.6) is 0 Å². The fourth-order valence-corrected chi connectivity index (χ4v) is 8.89. The van der Waals surface area contributed by atoms with E-state index in [0.717, 1.165) is 79.7 Å². The van der Waals surface area contributed by atoms with Crippen molar-refractivity contribution in [3.05, 3.63) is 65.6 Å². The van der Waals surface area contributed by atoms with E-state index in [0.29, 0.717) is 48.8 Å². The predicted molar refractivity (Wildman–Crippen MR) is 211 cm³/mol. The van der Waals surface area contributed by atoms with Crippen molar-refractivity contribution in [3.63, 3.8) is 0 Å². The second-order valence-corrected chi connectivity index (χ2v) is 16.2. The Kier molecular flexibility index (Phi) is 9.53. The average Bonchev–Trinajstić information content (AvgIpc) is 3.86. The molecule has 4 aliphatic rings. The van der Waals surface area contributed by atoms with Crippen molar-refractivity contribution < 1.29 is 14.4 Å². The van der Waals surface area contributed by atoms with E-state index in [-0.39, 0.29) is 29.8 Å². The third kappa shape index (κ3) is 6.46. The molecule has 3 amide bonds. The van der Waals surface area contributed by atoms with Gasteiger partial charge in [0.2, 0.25) is 17.8 Å². The summed E-state index contributed by atoms with van der Waals surface area (Å²) in [5, 5.41) is 10.9. The number of hydrogen-bond acceptors (Lipinski definition) is 9. The van der Waals surface area contributed by atoms with Crippen LogP contribution in [-0.4, -0.2) is 94.5 Å². The molecule has 284 valence electrons. The van der Waals surface area contributed by atoms with Crippen molar-refractivity contribution in [3.8, 4) is 0 Å². The molecule has 0 bridgehead atoms. The van der Waals surface area contributed by atoms with Crippen LogP contribution in [0.3, 0.4) is 0 Å². The first-order valence-corrected chi connectivity index (χ1v) is 19.6. The number of aromatic nitrogens is 4. The van der Waals surface area contributed by atoms with E-state index in [1.54, 1.807) is 25.2 Å². The maximum atomic E-state index is 13.8. The smallest absolute Gasteiger partial charge is 0.270 e. The molecule has 1 aliphatic carbocycles. The first kappa shape index (κ1) is 36.0. The number of piperidine rings is 1. The number of nitrogens with zero attached hydrogens (tertiary/aromatic N) is 7. The molecule has 13 nitrogen and oxygen atoms in total. The van der Waals surface area contributed by atoms with E-state index in [1.807, 2.05) is 37.1 Å². The van der Waals surface area contributed by atoms with E-state index in [2.05, 4.69) is 61.6 Å². The third-order valence-corrected chi connectivity index (χ3v) is 12.0. The zero-order chi connectivity index (χ0) is 37.7. The molecule has 13 heteroatoms. The van der Waals surface area contributed by atoms with E-state index in [9.17, 15) is 14.4 Å². The van der Waals surface area contributed by atoms with Crippen molar-refractivity contribution in [2.45, 2.75) is 95.2 Å². The van der Waals surface area contributed by atoms with Crippen molar-refractivity contribution in [2.75, 3.05) is 55.4 Å². The summed E-state index contributed by atoms with van der Waals surface area (Å²) < 4.78 is 2.12. The topological polar surface area (TPSA) is 141 Å². The highest BCUT2D eigenvalue weighted by atomic mass is 16.2. The van der Waals surface area contributed by atoms with Crippen LogP contribution in [0.25, 0.3) is 11.0 Å². The molecular weight excluding hydrogens is 681 g/mol. The molecule has 0 spiro atoms. The van der Waals surface area contributed by atoms with Gasteiger partial charge in [-0.25, -0.2) is 9.97 Å². The predicted octanol–water partition coefficient (Wildman–Crippen LogP) is 5.26. The zero-order valence-corrected chi connectivity index (χ0v) is 32.1. The van der Waals surface area contributed by atoms with Gasteiger partial charge in [0.25, 0.3) is 5.91 Å². The Balaban J connectivity index is 0.901. The number of pyridine rings is 1. The zero-order valence-electron chi connectivity index (χ0n) is 32.1. The fourth-order valence-electron chi connectivity index (χ4n) is 8.89. The van der Waals surface area contributed by atoms with Gasteiger partial charge in [0.15, 0.2) is 0 Å². The standard InChI is InChI=1S/C41H52N10O3/c1-6-25(19-42-28-23-49(24-28)31-12-9-13-32-36(31)41(2,3)39(54)51(32)30-15-17-35(52)44-22-30)26-14-16-34(43-20-26)46-40-45-21-27-18-33(38(53)48(4)5)50(37(27)47-40)29-10-7-8-11-29/h9,12-14,16,18,20-21,25,28-30,42H,6-8,10-11,15,17,19,22-24H2,1-5H3,(H,44,52)(H,43,45,46,47)/t25-,30-/m0/s1. The molecule has 3 aromatic heterocycles. The number of amides is 3. The Morgan fingerprint density at radius 3 is 2.48 bits per heavy atom. The highest BCUT2D eigenvalue weighted by molar-refractivity contribution is 6.10. The Labute approximate surface area is 316 Å². The van der Waals surface area contributed by atoms with Crippen LogP contribution in [-0.2, 0) is 15.0 Å². The average molecular weight is 733 g/mol. The van der Waals surface area contributed by atoms with Gasteiger partial charge in [0.05, 0.1) is 17.1 Å². The van der Waals surface area contributed by atoms with Crippen LogP contribution in [0, 0.1) is 0 Å². The molecule has 3 N–H and O–H groups in total. The van der Waals surface area contributed by atoms with Gasteiger partial charge in [0, 0.05) is 87.8 Å². The lowest BCUT2D eigenvalue weighted by Gasteiger charge is -2.43. The molecule has 2 atom stereocenters. The monoisotopic (exact) mass is 732 g/mol. The summed E-state index contributed by atoms with van der Waals surface area (Å²) in [4.78, 5) is 58.8. The maximum absolute atomic E-state index is 13.8. The molecule has 8 rings (SSSR count). The molecule has 1 aromatic carbocycles. The minimum absolute atomic E-state index is 0.0196. The number of hydrogen-bond donors (Lipinski definition) is 3. The van der Waals surface area contributed by atoms with Crippen molar-refractivity contribution in [1.82, 2.24) is 35.1 Å². The van der Waals surface area contributed by atoms with Crippen LogP contribution in [0.15, 0.2) is 48.8 Å². The lowest BCUT2D eigenvalue weighted by Crippen LogP contribution is -2.59. The lowest BCUT2D eigenvalue weighted by molar-refractivity contribution is -0.125. The molecule has 4 aromatic rings. The van der Waals surface area contributed by atoms with Gasteiger partial charge in [-0.2, -0.15) is 4.98 Å². The second-order valence-electron chi connectivity index (χ2n) is 16.2. The normalized spacial score (nSPS) is 20.6. The largest absolute Gasteiger partial charge is 0.368 e.